The predicted octanol–water partition coefficient (Wildman–Crippen LogP) is 2.48. The van der Waals surface area contributed by atoms with Crippen molar-refractivity contribution in [3.05, 3.63) is 75.7 Å². The molecule has 1 N–H and O–H groups in total. The molecular formula is C18H15N3O2. The first-order chi connectivity index (χ1) is 11.1. The van der Waals surface area contributed by atoms with Crippen LogP contribution >= 0.6 is 0 Å². The van der Waals surface area contributed by atoms with Crippen LogP contribution in [0, 0.1) is 6.92 Å². The molecule has 0 bridgehead atoms. The molecule has 0 fully saturated rings. The van der Waals surface area contributed by atoms with Crippen LogP contribution in [0.5, 0.6) is 0 Å². The van der Waals surface area contributed by atoms with E-state index in [9.17, 15) is 9.59 Å². The number of aromatic nitrogens is 2. The molecule has 3 aromatic rings. The van der Waals surface area contributed by atoms with E-state index in [1.165, 1.54) is 0 Å². The van der Waals surface area contributed by atoms with Gasteiger partial charge >= 0.3 is 0 Å². The van der Waals surface area contributed by atoms with Gasteiger partial charge in [0.2, 0.25) is 5.91 Å². The molecular weight excluding hydrogens is 290 g/mol. The molecule has 3 heterocycles. The van der Waals surface area contributed by atoms with E-state index in [0.29, 0.717) is 17.0 Å². The average Bonchev–Trinajstić information content (AvgIpc) is 2.56. The van der Waals surface area contributed by atoms with E-state index < -0.39 is 0 Å². The molecule has 1 unspecified atom stereocenters. The van der Waals surface area contributed by atoms with Crippen molar-refractivity contribution in [3.63, 3.8) is 0 Å². The molecule has 0 saturated heterocycles. The van der Waals surface area contributed by atoms with E-state index in [2.05, 4.69) is 10.3 Å². The lowest BCUT2D eigenvalue weighted by atomic mass is 9.87. The lowest BCUT2D eigenvalue weighted by Crippen LogP contribution is -2.32. The number of anilines is 1. The first-order valence-electron chi connectivity index (χ1n) is 7.52. The fourth-order valence-corrected chi connectivity index (χ4v) is 3.20. The fourth-order valence-electron chi connectivity index (χ4n) is 3.20. The number of amides is 1. The maximum atomic E-state index is 12.6. The molecule has 5 nitrogen and oxygen atoms in total. The molecule has 0 radical (unpaired) electrons. The number of hydrogen-bond donors (Lipinski definition) is 1. The van der Waals surface area contributed by atoms with Crippen molar-refractivity contribution in [2.24, 2.45) is 0 Å². The second-order valence-corrected chi connectivity index (χ2v) is 5.78. The van der Waals surface area contributed by atoms with Gasteiger partial charge in [0.1, 0.15) is 11.5 Å². The van der Waals surface area contributed by atoms with Gasteiger partial charge in [0.25, 0.3) is 5.56 Å². The molecule has 1 atom stereocenters. The van der Waals surface area contributed by atoms with Crippen molar-refractivity contribution in [2.45, 2.75) is 19.3 Å². The highest BCUT2D eigenvalue weighted by molar-refractivity contribution is 5.94. The summed E-state index contributed by atoms with van der Waals surface area (Å²) in [6, 6.07) is 13.4. The van der Waals surface area contributed by atoms with Crippen molar-refractivity contribution < 1.29 is 4.79 Å². The molecule has 23 heavy (non-hydrogen) atoms. The Kier molecular flexibility index (Phi) is 3.01. The topological polar surface area (TPSA) is 63.5 Å². The monoisotopic (exact) mass is 305 g/mol. The summed E-state index contributed by atoms with van der Waals surface area (Å²) in [4.78, 5) is 29.1. The minimum Gasteiger partial charge on any atom is -0.311 e. The van der Waals surface area contributed by atoms with Crippen LogP contribution in [0.2, 0.25) is 0 Å². The fraction of sp³-hybridized carbons (Fsp3) is 0.167. The standard InChI is InChI=1S/C18H15N3O2/c1-11-6-5-9-21-16(11)20-18(23)15-13(10-14(22)19-17(15)21)12-7-3-2-4-8-12/h2-9,13H,10H2,1H3,(H,19,22). The number of aryl methyl sites for hydroxylation is 1. The van der Waals surface area contributed by atoms with E-state index in [1.54, 1.807) is 4.40 Å². The Morgan fingerprint density at radius 2 is 1.91 bits per heavy atom. The summed E-state index contributed by atoms with van der Waals surface area (Å²) in [5, 5.41) is 2.85. The largest absolute Gasteiger partial charge is 0.311 e. The van der Waals surface area contributed by atoms with E-state index in [1.807, 2.05) is 55.6 Å². The summed E-state index contributed by atoms with van der Waals surface area (Å²) in [6.45, 7) is 1.90. The minimum atomic E-state index is -0.275. The third-order valence-corrected chi connectivity index (χ3v) is 4.29. The van der Waals surface area contributed by atoms with Crippen LogP contribution in [0.4, 0.5) is 5.82 Å². The zero-order valence-electron chi connectivity index (χ0n) is 12.6. The van der Waals surface area contributed by atoms with Crippen LogP contribution < -0.4 is 10.9 Å². The number of carbonyl (C=O) groups excluding carboxylic acids is 1. The summed E-state index contributed by atoms with van der Waals surface area (Å²) in [7, 11) is 0. The quantitative estimate of drug-likeness (QED) is 0.751. The molecule has 0 aliphatic carbocycles. The molecule has 0 saturated carbocycles. The van der Waals surface area contributed by atoms with Gasteiger partial charge in [-0.3, -0.25) is 14.0 Å². The van der Waals surface area contributed by atoms with E-state index in [-0.39, 0.29) is 23.8 Å². The zero-order valence-corrected chi connectivity index (χ0v) is 12.6. The predicted molar refractivity (Wildman–Crippen MR) is 87.7 cm³/mol. The Morgan fingerprint density at radius 3 is 2.70 bits per heavy atom. The third kappa shape index (κ3) is 2.12. The van der Waals surface area contributed by atoms with Crippen LogP contribution in [0.3, 0.4) is 0 Å². The number of nitrogens with zero attached hydrogens (tertiary/aromatic N) is 2. The lowest BCUT2D eigenvalue weighted by Gasteiger charge is -2.26. The SMILES string of the molecule is Cc1cccn2c3c(c(=O)nc12)C(c1ccccc1)CC(=O)N3. The molecule has 5 heteroatoms. The molecule has 1 aromatic carbocycles. The highest BCUT2D eigenvalue weighted by atomic mass is 16.2. The number of fused-ring (bicyclic) bond motifs is 3. The highest BCUT2D eigenvalue weighted by Crippen LogP contribution is 2.34. The van der Waals surface area contributed by atoms with E-state index in [4.69, 9.17) is 0 Å². The average molecular weight is 305 g/mol. The normalized spacial score (nSPS) is 16.9. The molecule has 1 aliphatic rings. The van der Waals surface area contributed by atoms with Gasteiger partial charge in [0.15, 0.2) is 0 Å². The van der Waals surface area contributed by atoms with Gasteiger partial charge in [-0.1, -0.05) is 36.4 Å². The maximum Gasteiger partial charge on any atom is 0.279 e. The van der Waals surface area contributed by atoms with Crippen LogP contribution in [-0.2, 0) is 4.79 Å². The van der Waals surface area contributed by atoms with Crippen LogP contribution in [-0.4, -0.2) is 15.3 Å². The molecule has 1 aliphatic heterocycles. The molecule has 114 valence electrons. The molecule has 2 aromatic heterocycles. The molecule has 1 amide bonds. The lowest BCUT2D eigenvalue weighted by molar-refractivity contribution is -0.116. The molecule has 0 spiro atoms. The minimum absolute atomic E-state index is 0.0905. The second kappa shape index (κ2) is 5.05. The van der Waals surface area contributed by atoms with Gasteiger partial charge in [0.05, 0.1) is 5.56 Å². The molecule has 4 rings (SSSR count). The van der Waals surface area contributed by atoms with Crippen molar-refractivity contribution in [1.82, 2.24) is 9.38 Å². The van der Waals surface area contributed by atoms with E-state index >= 15 is 0 Å². The smallest absolute Gasteiger partial charge is 0.279 e. The van der Waals surface area contributed by atoms with Crippen molar-refractivity contribution >= 4 is 17.4 Å². The Bertz CT molecular complexity index is 977. The van der Waals surface area contributed by atoms with Crippen molar-refractivity contribution in [1.29, 1.82) is 0 Å². The third-order valence-electron chi connectivity index (χ3n) is 4.29. The van der Waals surface area contributed by atoms with Gasteiger partial charge in [0, 0.05) is 18.5 Å². The summed E-state index contributed by atoms with van der Waals surface area (Å²) in [6.07, 6.45) is 2.08. The number of carbonyl (C=O) groups is 1. The summed E-state index contributed by atoms with van der Waals surface area (Å²) >= 11 is 0. The van der Waals surface area contributed by atoms with Crippen LogP contribution in [0.1, 0.15) is 29.0 Å². The number of nitrogens with one attached hydrogen (secondary N) is 1. The van der Waals surface area contributed by atoms with E-state index in [0.717, 1.165) is 11.1 Å². The Balaban J connectivity index is 2.05. The van der Waals surface area contributed by atoms with Gasteiger partial charge in [-0.15, -0.1) is 0 Å². The Hall–Kier alpha value is -2.95. The van der Waals surface area contributed by atoms with Crippen molar-refractivity contribution in [3.8, 4) is 0 Å². The van der Waals surface area contributed by atoms with Gasteiger partial charge < -0.3 is 5.32 Å². The van der Waals surface area contributed by atoms with Crippen LogP contribution in [0.25, 0.3) is 5.65 Å². The highest BCUT2D eigenvalue weighted by Gasteiger charge is 2.31. The summed E-state index contributed by atoms with van der Waals surface area (Å²) in [5.74, 6) is 0.179. The zero-order chi connectivity index (χ0) is 16.0. The number of pyridine rings is 1. The van der Waals surface area contributed by atoms with Gasteiger partial charge in [-0.2, -0.15) is 4.98 Å². The second-order valence-electron chi connectivity index (χ2n) is 5.78. The van der Waals surface area contributed by atoms with Gasteiger partial charge in [-0.25, -0.2) is 0 Å². The number of rotatable bonds is 1. The Labute approximate surface area is 132 Å². The first-order valence-corrected chi connectivity index (χ1v) is 7.52. The first kappa shape index (κ1) is 13.7. The van der Waals surface area contributed by atoms with Crippen molar-refractivity contribution in [2.75, 3.05) is 5.32 Å². The Morgan fingerprint density at radius 1 is 1.13 bits per heavy atom. The number of hydrogen-bond acceptors (Lipinski definition) is 3. The summed E-state index contributed by atoms with van der Waals surface area (Å²) in [5.41, 5.74) is 2.70. The summed E-state index contributed by atoms with van der Waals surface area (Å²) < 4.78 is 1.79. The number of benzene rings is 1. The van der Waals surface area contributed by atoms with Crippen LogP contribution in [0.15, 0.2) is 53.5 Å². The van der Waals surface area contributed by atoms with Gasteiger partial charge in [-0.05, 0) is 24.1 Å². The maximum absolute atomic E-state index is 12.6.